The number of aromatic nitrogens is 3. The molecule has 0 aliphatic heterocycles. The summed E-state index contributed by atoms with van der Waals surface area (Å²) in [6, 6.07) is 0. The maximum Gasteiger partial charge on any atom is 0.111 e. The maximum atomic E-state index is 8.62. The quantitative estimate of drug-likeness (QED) is 0.581. The fourth-order valence-electron chi connectivity index (χ4n) is 0.681. The van der Waals surface area contributed by atoms with Gasteiger partial charge in [0.25, 0.3) is 0 Å². The molecule has 0 aromatic carbocycles. The van der Waals surface area contributed by atoms with Crippen LogP contribution >= 0.6 is 0 Å². The number of hydrogen-bond donors (Lipinski definition) is 2. The first kappa shape index (κ1) is 6.22. The zero-order valence-corrected chi connectivity index (χ0v) is 5.26. The van der Waals surface area contributed by atoms with E-state index in [0.29, 0.717) is 5.69 Å². The maximum absolute atomic E-state index is 8.62. The highest BCUT2D eigenvalue weighted by atomic mass is 16.3. The van der Waals surface area contributed by atoms with Crippen molar-refractivity contribution in [2.24, 2.45) is 0 Å². The summed E-state index contributed by atoms with van der Waals surface area (Å²) in [5, 5.41) is 18.5. The van der Waals surface area contributed by atoms with Crippen molar-refractivity contribution < 1.29 is 5.11 Å². The predicted molar refractivity (Wildman–Crippen MR) is 31.7 cm³/mol. The summed E-state index contributed by atoms with van der Waals surface area (Å²) in [6.07, 6.45) is 0.836. The fourth-order valence-corrected chi connectivity index (χ4v) is 0.681. The predicted octanol–water partition coefficient (Wildman–Crippen LogP) is -0.141. The minimum absolute atomic E-state index is 0.0281. The van der Waals surface area contributed by atoms with Gasteiger partial charge in [0.1, 0.15) is 5.69 Å². The monoisotopic (exact) mass is 127 g/mol. The zero-order valence-electron chi connectivity index (χ0n) is 5.26. The Kier molecular flexibility index (Phi) is 1.79. The Morgan fingerprint density at radius 1 is 1.67 bits per heavy atom. The van der Waals surface area contributed by atoms with E-state index in [2.05, 4.69) is 15.4 Å². The van der Waals surface area contributed by atoms with Crippen LogP contribution in [0.25, 0.3) is 0 Å². The number of rotatable bonds is 2. The third-order valence-electron chi connectivity index (χ3n) is 1.21. The standard InChI is InChI=1S/C5H9N3O/c1-2-4-5(3-9)7-8-6-4/h9H,2-3H2,1H3,(H,6,7,8). The van der Waals surface area contributed by atoms with Crippen LogP contribution in [0, 0.1) is 0 Å². The summed E-state index contributed by atoms with van der Waals surface area (Å²) in [6.45, 7) is 1.95. The van der Waals surface area contributed by atoms with Crippen molar-refractivity contribution in [2.45, 2.75) is 20.0 Å². The van der Waals surface area contributed by atoms with Crippen LogP contribution in [-0.4, -0.2) is 20.5 Å². The topological polar surface area (TPSA) is 61.8 Å². The average Bonchev–Trinajstić information content (AvgIpc) is 2.33. The van der Waals surface area contributed by atoms with E-state index in [4.69, 9.17) is 5.11 Å². The van der Waals surface area contributed by atoms with Crippen molar-refractivity contribution in [1.29, 1.82) is 0 Å². The highest BCUT2D eigenvalue weighted by molar-refractivity contribution is 5.05. The molecule has 0 amide bonds. The molecule has 4 heteroatoms. The van der Waals surface area contributed by atoms with Gasteiger partial charge in [0.05, 0.1) is 12.3 Å². The van der Waals surface area contributed by atoms with Crippen LogP contribution in [0.15, 0.2) is 0 Å². The van der Waals surface area contributed by atoms with Gasteiger partial charge in [-0.05, 0) is 6.42 Å². The van der Waals surface area contributed by atoms with E-state index in [-0.39, 0.29) is 6.61 Å². The number of aliphatic hydroxyl groups is 1. The second kappa shape index (κ2) is 2.59. The Morgan fingerprint density at radius 3 is 2.89 bits per heavy atom. The SMILES string of the molecule is CCc1[nH]nnc1CO. The van der Waals surface area contributed by atoms with Crippen molar-refractivity contribution in [2.75, 3.05) is 0 Å². The lowest BCUT2D eigenvalue weighted by atomic mass is 10.3. The van der Waals surface area contributed by atoms with Gasteiger partial charge in [-0.1, -0.05) is 12.1 Å². The van der Waals surface area contributed by atoms with Gasteiger partial charge in [-0.25, -0.2) is 0 Å². The van der Waals surface area contributed by atoms with Crippen molar-refractivity contribution in [1.82, 2.24) is 15.4 Å². The van der Waals surface area contributed by atoms with Gasteiger partial charge < -0.3 is 5.11 Å². The first-order chi connectivity index (χ1) is 4.38. The molecule has 0 bridgehead atoms. The summed E-state index contributed by atoms with van der Waals surface area (Å²) in [4.78, 5) is 0. The molecule has 1 rings (SSSR count). The Balaban J connectivity index is 2.85. The number of aromatic amines is 1. The smallest absolute Gasteiger partial charge is 0.111 e. The van der Waals surface area contributed by atoms with Crippen LogP contribution in [0.5, 0.6) is 0 Å². The number of H-pyrrole nitrogens is 1. The summed E-state index contributed by atoms with van der Waals surface area (Å²) in [5.74, 6) is 0. The molecule has 0 saturated heterocycles. The molecule has 0 saturated carbocycles. The van der Waals surface area contributed by atoms with Crippen molar-refractivity contribution in [3.63, 3.8) is 0 Å². The molecule has 0 aliphatic carbocycles. The zero-order chi connectivity index (χ0) is 6.69. The van der Waals surface area contributed by atoms with Gasteiger partial charge in [-0.15, -0.1) is 5.10 Å². The molecule has 4 nitrogen and oxygen atoms in total. The molecule has 1 aromatic heterocycles. The number of nitrogens with one attached hydrogen (secondary N) is 1. The van der Waals surface area contributed by atoms with E-state index in [1.165, 1.54) is 0 Å². The van der Waals surface area contributed by atoms with Crippen LogP contribution in [0.3, 0.4) is 0 Å². The Hall–Kier alpha value is -0.900. The van der Waals surface area contributed by atoms with E-state index >= 15 is 0 Å². The van der Waals surface area contributed by atoms with Gasteiger partial charge >= 0.3 is 0 Å². The third kappa shape index (κ3) is 1.08. The lowest BCUT2D eigenvalue weighted by molar-refractivity contribution is 0.275. The fraction of sp³-hybridized carbons (Fsp3) is 0.600. The largest absolute Gasteiger partial charge is 0.390 e. The van der Waals surface area contributed by atoms with Crippen molar-refractivity contribution in [3.05, 3.63) is 11.4 Å². The van der Waals surface area contributed by atoms with E-state index in [9.17, 15) is 0 Å². The highest BCUT2D eigenvalue weighted by Crippen LogP contribution is 1.99. The van der Waals surface area contributed by atoms with E-state index in [0.717, 1.165) is 12.1 Å². The van der Waals surface area contributed by atoms with Gasteiger partial charge in [0.2, 0.25) is 0 Å². The van der Waals surface area contributed by atoms with Crippen molar-refractivity contribution in [3.8, 4) is 0 Å². The first-order valence-electron chi connectivity index (χ1n) is 2.88. The Morgan fingerprint density at radius 2 is 2.44 bits per heavy atom. The minimum Gasteiger partial charge on any atom is -0.390 e. The molecule has 1 aromatic rings. The van der Waals surface area contributed by atoms with Crippen molar-refractivity contribution >= 4 is 0 Å². The number of nitrogens with zero attached hydrogens (tertiary/aromatic N) is 2. The molecule has 0 atom stereocenters. The minimum atomic E-state index is -0.0281. The van der Waals surface area contributed by atoms with Crippen LogP contribution < -0.4 is 0 Å². The normalized spacial score (nSPS) is 10.0. The molecule has 1 heterocycles. The lowest BCUT2D eigenvalue weighted by Gasteiger charge is -1.89. The second-order valence-electron chi connectivity index (χ2n) is 1.75. The summed E-state index contributed by atoms with van der Waals surface area (Å²) in [5.41, 5.74) is 1.56. The van der Waals surface area contributed by atoms with E-state index < -0.39 is 0 Å². The number of hydrogen-bond acceptors (Lipinski definition) is 3. The van der Waals surface area contributed by atoms with Gasteiger partial charge in [0.15, 0.2) is 0 Å². The summed E-state index contributed by atoms with van der Waals surface area (Å²) >= 11 is 0. The molecule has 0 unspecified atom stereocenters. The highest BCUT2D eigenvalue weighted by Gasteiger charge is 2.00. The molecule has 9 heavy (non-hydrogen) atoms. The molecule has 50 valence electrons. The van der Waals surface area contributed by atoms with E-state index in [1.54, 1.807) is 0 Å². The molecule has 0 spiro atoms. The molecule has 2 N–H and O–H groups in total. The average molecular weight is 127 g/mol. The Labute approximate surface area is 52.9 Å². The van der Waals surface area contributed by atoms with Crippen LogP contribution in [0.4, 0.5) is 0 Å². The number of aryl methyl sites for hydroxylation is 1. The molecular formula is C5H9N3O. The van der Waals surface area contributed by atoms with Crippen LogP contribution in [-0.2, 0) is 13.0 Å². The Bertz CT molecular complexity index is 166. The number of aliphatic hydroxyl groups excluding tert-OH is 1. The molecular weight excluding hydrogens is 118 g/mol. The first-order valence-corrected chi connectivity index (χ1v) is 2.88. The molecule has 0 fully saturated rings. The van der Waals surface area contributed by atoms with Gasteiger partial charge in [-0.2, -0.15) is 0 Å². The third-order valence-corrected chi connectivity index (χ3v) is 1.21. The van der Waals surface area contributed by atoms with Crippen LogP contribution in [0.2, 0.25) is 0 Å². The lowest BCUT2D eigenvalue weighted by Crippen LogP contribution is -1.89. The van der Waals surface area contributed by atoms with Crippen LogP contribution in [0.1, 0.15) is 18.3 Å². The van der Waals surface area contributed by atoms with E-state index in [1.807, 2.05) is 6.92 Å². The summed E-state index contributed by atoms with van der Waals surface area (Å²) in [7, 11) is 0. The van der Waals surface area contributed by atoms with Gasteiger partial charge in [0, 0.05) is 0 Å². The second-order valence-corrected chi connectivity index (χ2v) is 1.75. The molecule has 0 radical (unpaired) electrons. The molecule has 0 aliphatic rings. The summed E-state index contributed by atoms with van der Waals surface area (Å²) < 4.78 is 0. The van der Waals surface area contributed by atoms with Gasteiger partial charge in [-0.3, -0.25) is 5.10 Å².